The van der Waals surface area contributed by atoms with E-state index in [4.69, 9.17) is 4.74 Å². The molecule has 17 heavy (non-hydrogen) atoms. The van der Waals surface area contributed by atoms with E-state index in [1.54, 1.807) is 11.3 Å². The number of carbonyl (C=O) groups excluding carboxylic acids is 1. The first-order valence-corrected chi connectivity index (χ1v) is 7.03. The molecular weight excluding hydrogens is 234 g/mol. The third kappa shape index (κ3) is 5.33. The molecular formula is C13H21NO2S. The maximum absolute atomic E-state index is 11.6. The van der Waals surface area contributed by atoms with Crippen molar-refractivity contribution >= 4 is 17.3 Å². The number of nitrogens with one attached hydrogen (secondary N) is 1. The smallest absolute Gasteiger partial charge is 0.306 e. The lowest BCUT2D eigenvalue weighted by atomic mass is 10.2. The van der Waals surface area contributed by atoms with Crippen molar-refractivity contribution in [1.82, 2.24) is 5.32 Å². The van der Waals surface area contributed by atoms with Crippen LogP contribution in [-0.2, 0) is 9.53 Å². The van der Waals surface area contributed by atoms with Gasteiger partial charge in [0.25, 0.3) is 0 Å². The van der Waals surface area contributed by atoms with Crippen LogP contribution >= 0.6 is 11.3 Å². The molecule has 3 nitrogen and oxygen atoms in total. The summed E-state index contributed by atoms with van der Waals surface area (Å²) in [4.78, 5) is 12.8. The molecule has 0 aromatic carbocycles. The minimum Gasteiger partial charge on any atom is -0.457 e. The highest BCUT2D eigenvalue weighted by atomic mass is 32.1. The highest BCUT2D eigenvalue weighted by molar-refractivity contribution is 7.10. The number of esters is 1. The maximum Gasteiger partial charge on any atom is 0.306 e. The van der Waals surface area contributed by atoms with Gasteiger partial charge in [-0.15, -0.1) is 11.3 Å². The second-order valence-corrected chi connectivity index (χ2v) is 4.97. The van der Waals surface area contributed by atoms with Crippen LogP contribution < -0.4 is 5.32 Å². The van der Waals surface area contributed by atoms with Gasteiger partial charge in [0.2, 0.25) is 0 Å². The molecule has 1 rings (SSSR count). The predicted molar refractivity (Wildman–Crippen MR) is 71.2 cm³/mol. The standard InChI is InChI=1S/C13H21NO2S/c1-3-4-7-13(15)16-11(8-9-14-2)12-6-5-10-17-12/h5-6,10-11,14H,3-4,7-9H2,1-2H3. The first-order chi connectivity index (χ1) is 8.27. The van der Waals surface area contributed by atoms with Crippen LogP contribution in [0.25, 0.3) is 0 Å². The van der Waals surface area contributed by atoms with Crippen LogP contribution in [0.1, 0.15) is 43.6 Å². The number of hydrogen-bond donors (Lipinski definition) is 1. The Morgan fingerprint density at radius 2 is 2.41 bits per heavy atom. The molecule has 0 saturated heterocycles. The summed E-state index contributed by atoms with van der Waals surface area (Å²) in [6, 6.07) is 4.02. The molecule has 0 amide bonds. The fourth-order valence-corrected chi connectivity index (χ4v) is 2.34. The Bertz CT molecular complexity index is 311. The average molecular weight is 255 g/mol. The lowest BCUT2D eigenvalue weighted by Crippen LogP contribution is -2.16. The van der Waals surface area contributed by atoms with Gasteiger partial charge >= 0.3 is 5.97 Å². The van der Waals surface area contributed by atoms with Gasteiger partial charge < -0.3 is 10.1 Å². The van der Waals surface area contributed by atoms with Gasteiger partial charge in [0, 0.05) is 17.7 Å². The quantitative estimate of drug-likeness (QED) is 0.725. The van der Waals surface area contributed by atoms with Gasteiger partial charge in [-0.2, -0.15) is 0 Å². The van der Waals surface area contributed by atoms with Gasteiger partial charge in [0.15, 0.2) is 0 Å². The summed E-state index contributed by atoms with van der Waals surface area (Å²) >= 11 is 1.64. The van der Waals surface area contributed by atoms with Crippen molar-refractivity contribution in [3.05, 3.63) is 22.4 Å². The van der Waals surface area contributed by atoms with Gasteiger partial charge in [0.05, 0.1) is 0 Å². The van der Waals surface area contributed by atoms with E-state index in [2.05, 4.69) is 12.2 Å². The van der Waals surface area contributed by atoms with Crippen LogP contribution in [0.5, 0.6) is 0 Å². The van der Waals surface area contributed by atoms with Gasteiger partial charge in [-0.1, -0.05) is 19.4 Å². The molecule has 1 N–H and O–H groups in total. The molecule has 0 aliphatic carbocycles. The molecule has 0 aliphatic heterocycles. The molecule has 1 heterocycles. The lowest BCUT2D eigenvalue weighted by Gasteiger charge is -2.16. The van der Waals surface area contributed by atoms with Crippen molar-refractivity contribution in [3.63, 3.8) is 0 Å². The van der Waals surface area contributed by atoms with E-state index in [0.717, 1.165) is 30.7 Å². The molecule has 1 atom stereocenters. The molecule has 0 radical (unpaired) electrons. The number of hydrogen-bond acceptors (Lipinski definition) is 4. The van der Waals surface area contributed by atoms with E-state index in [1.807, 2.05) is 24.6 Å². The Balaban J connectivity index is 2.49. The molecule has 1 aromatic rings. The van der Waals surface area contributed by atoms with E-state index >= 15 is 0 Å². The molecule has 0 bridgehead atoms. The van der Waals surface area contributed by atoms with E-state index < -0.39 is 0 Å². The van der Waals surface area contributed by atoms with Crippen molar-refractivity contribution in [2.45, 2.75) is 38.7 Å². The first-order valence-electron chi connectivity index (χ1n) is 6.15. The van der Waals surface area contributed by atoms with Crippen LogP contribution in [0.4, 0.5) is 0 Å². The van der Waals surface area contributed by atoms with Crippen molar-refractivity contribution in [1.29, 1.82) is 0 Å². The zero-order chi connectivity index (χ0) is 12.5. The highest BCUT2D eigenvalue weighted by Crippen LogP contribution is 2.26. The monoisotopic (exact) mass is 255 g/mol. The fraction of sp³-hybridized carbons (Fsp3) is 0.615. The second-order valence-electron chi connectivity index (χ2n) is 3.99. The Kier molecular flexibility index (Phi) is 6.89. The predicted octanol–water partition coefficient (Wildman–Crippen LogP) is 3.13. The highest BCUT2D eigenvalue weighted by Gasteiger charge is 2.16. The minimum atomic E-state index is -0.0909. The summed E-state index contributed by atoms with van der Waals surface area (Å²) in [5.74, 6) is -0.0821. The zero-order valence-corrected chi connectivity index (χ0v) is 11.4. The van der Waals surface area contributed by atoms with Crippen LogP contribution in [0, 0.1) is 0 Å². The molecule has 0 saturated carbocycles. The number of thiophene rings is 1. The van der Waals surface area contributed by atoms with Crippen molar-refractivity contribution in [3.8, 4) is 0 Å². The fourth-order valence-electron chi connectivity index (χ4n) is 1.55. The zero-order valence-electron chi connectivity index (χ0n) is 10.6. The van der Waals surface area contributed by atoms with Gasteiger partial charge in [-0.3, -0.25) is 4.79 Å². The third-order valence-electron chi connectivity index (χ3n) is 2.53. The lowest BCUT2D eigenvalue weighted by molar-refractivity contribution is -0.149. The summed E-state index contributed by atoms with van der Waals surface area (Å²) in [5.41, 5.74) is 0. The normalized spacial score (nSPS) is 12.4. The molecule has 4 heteroatoms. The topological polar surface area (TPSA) is 38.3 Å². The molecule has 96 valence electrons. The van der Waals surface area contributed by atoms with Crippen molar-refractivity contribution < 1.29 is 9.53 Å². The Morgan fingerprint density at radius 3 is 3.00 bits per heavy atom. The van der Waals surface area contributed by atoms with E-state index in [1.165, 1.54) is 0 Å². The summed E-state index contributed by atoms with van der Waals surface area (Å²) < 4.78 is 5.53. The maximum atomic E-state index is 11.6. The Hall–Kier alpha value is -0.870. The van der Waals surface area contributed by atoms with Crippen molar-refractivity contribution in [2.75, 3.05) is 13.6 Å². The van der Waals surface area contributed by atoms with Gasteiger partial charge in [-0.25, -0.2) is 0 Å². The van der Waals surface area contributed by atoms with Crippen molar-refractivity contribution in [2.24, 2.45) is 0 Å². The van der Waals surface area contributed by atoms with E-state index in [-0.39, 0.29) is 12.1 Å². The minimum absolute atomic E-state index is 0.0821. The number of carbonyl (C=O) groups is 1. The van der Waals surface area contributed by atoms with Gasteiger partial charge in [-0.05, 0) is 31.5 Å². The summed E-state index contributed by atoms with van der Waals surface area (Å²) in [7, 11) is 1.91. The Labute approximate surface area is 107 Å². The molecule has 0 spiro atoms. The van der Waals surface area contributed by atoms with Crippen LogP contribution in [0.15, 0.2) is 17.5 Å². The van der Waals surface area contributed by atoms with Gasteiger partial charge in [0.1, 0.15) is 6.10 Å². The third-order valence-corrected chi connectivity index (χ3v) is 3.49. The first kappa shape index (κ1) is 14.2. The number of unbranched alkanes of at least 4 members (excludes halogenated alkanes) is 1. The van der Waals surface area contributed by atoms with Crippen LogP contribution in [-0.4, -0.2) is 19.6 Å². The largest absolute Gasteiger partial charge is 0.457 e. The summed E-state index contributed by atoms with van der Waals surface area (Å²) in [5, 5.41) is 5.11. The molecule has 1 aromatic heterocycles. The van der Waals surface area contributed by atoms with E-state index in [9.17, 15) is 4.79 Å². The van der Waals surface area contributed by atoms with Crippen LogP contribution in [0.3, 0.4) is 0 Å². The molecule has 0 fully saturated rings. The van der Waals surface area contributed by atoms with Crippen LogP contribution in [0.2, 0.25) is 0 Å². The summed E-state index contributed by atoms with van der Waals surface area (Å²) in [6.07, 6.45) is 3.19. The number of ether oxygens (including phenoxy) is 1. The Morgan fingerprint density at radius 1 is 1.59 bits per heavy atom. The SMILES string of the molecule is CCCCC(=O)OC(CCNC)c1cccs1. The molecule has 0 aliphatic rings. The number of rotatable bonds is 8. The molecule has 1 unspecified atom stereocenters. The van der Waals surface area contributed by atoms with E-state index in [0.29, 0.717) is 6.42 Å². The summed E-state index contributed by atoms with van der Waals surface area (Å²) in [6.45, 7) is 2.93. The second kappa shape index (κ2) is 8.25. The average Bonchev–Trinajstić information content (AvgIpc) is 2.85.